The van der Waals surface area contributed by atoms with E-state index >= 15 is 0 Å². The number of rotatable bonds is 6. The van der Waals surface area contributed by atoms with Gasteiger partial charge in [0.25, 0.3) is 0 Å². The predicted octanol–water partition coefficient (Wildman–Crippen LogP) is 2.34. The zero-order chi connectivity index (χ0) is 16.7. The van der Waals surface area contributed by atoms with Crippen molar-refractivity contribution in [2.45, 2.75) is 6.54 Å². The lowest BCUT2D eigenvalue weighted by Gasteiger charge is -2.08. The molecule has 0 unspecified atom stereocenters. The first-order valence-corrected chi connectivity index (χ1v) is 7.02. The van der Waals surface area contributed by atoms with Crippen LogP contribution in [0.4, 0.5) is 10.1 Å². The highest BCUT2D eigenvalue weighted by molar-refractivity contribution is 5.95. The second-order valence-corrected chi connectivity index (χ2v) is 4.82. The Hall–Kier alpha value is -2.73. The summed E-state index contributed by atoms with van der Waals surface area (Å²) >= 11 is 0. The van der Waals surface area contributed by atoms with Crippen LogP contribution in [0.3, 0.4) is 0 Å². The summed E-state index contributed by atoms with van der Waals surface area (Å²) in [6.07, 6.45) is 0. The highest BCUT2D eigenvalue weighted by Crippen LogP contribution is 2.11. The molecular formula is C17H17FN2O3. The lowest BCUT2D eigenvalue weighted by molar-refractivity contribution is -0.115. The van der Waals surface area contributed by atoms with Crippen LogP contribution in [0.15, 0.2) is 48.5 Å². The standard InChI is InChI=1S/C17H17FN2O3/c1-23-17(22)12-6-4-7-14(9-12)20-16(21)11-19-10-13-5-2-3-8-15(13)18/h2-9,19H,10-11H2,1H3,(H,20,21). The van der Waals surface area contributed by atoms with Crippen LogP contribution in [-0.4, -0.2) is 25.5 Å². The molecule has 0 bridgehead atoms. The number of methoxy groups -OCH3 is 1. The van der Waals surface area contributed by atoms with E-state index < -0.39 is 5.97 Å². The number of carbonyl (C=O) groups excluding carboxylic acids is 2. The fourth-order valence-electron chi connectivity index (χ4n) is 2.00. The molecular weight excluding hydrogens is 299 g/mol. The Morgan fingerprint density at radius 2 is 1.91 bits per heavy atom. The van der Waals surface area contributed by atoms with Crippen molar-refractivity contribution in [3.05, 3.63) is 65.5 Å². The fourth-order valence-corrected chi connectivity index (χ4v) is 2.00. The summed E-state index contributed by atoms with van der Waals surface area (Å²) in [4.78, 5) is 23.3. The van der Waals surface area contributed by atoms with Gasteiger partial charge in [0.2, 0.25) is 5.91 Å². The van der Waals surface area contributed by atoms with Gasteiger partial charge in [-0.25, -0.2) is 9.18 Å². The predicted molar refractivity (Wildman–Crippen MR) is 84.5 cm³/mol. The number of ether oxygens (including phenoxy) is 1. The molecule has 2 aromatic carbocycles. The monoisotopic (exact) mass is 316 g/mol. The number of carbonyl (C=O) groups is 2. The van der Waals surface area contributed by atoms with Crippen molar-refractivity contribution in [2.24, 2.45) is 0 Å². The van der Waals surface area contributed by atoms with Crippen LogP contribution in [-0.2, 0) is 16.1 Å². The van der Waals surface area contributed by atoms with Gasteiger partial charge in [-0.05, 0) is 24.3 Å². The van der Waals surface area contributed by atoms with E-state index in [9.17, 15) is 14.0 Å². The smallest absolute Gasteiger partial charge is 0.337 e. The van der Waals surface area contributed by atoms with Crippen LogP contribution in [0.5, 0.6) is 0 Å². The van der Waals surface area contributed by atoms with Crippen LogP contribution in [0.1, 0.15) is 15.9 Å². The van der Waals surface area contributed by atoms with Gasteiger partial charge in [-0.15, -0.1) is 0 Å². The first kappa shape index (κ1) is 16.6. The van der Waals surface area contributed by atoms with Crippen molar-refractivity contribution >= 4 is 17.6 Å². The van der Waals surface area contributed by atoms with Gasteiger partial charge >= 0.3 is 5.97 Å². The largest absolute Gasteiger partial charge is 0.465 e. The molecule has 2 N–H and O–H groups in total. The van der Waals surface area contributed by atoms with Gasteiger partial charge in [0, 0.05) is 17.8 Å². The van der Waals surface area contributed by atoms with E-state index in [1.54, 1.807) is 36.4 Å². The summed E-state index contributed by atoms with van der Waals surface area (Å²) in [5.74, 6) is -1.08. The second-order valence-electron chi connectivity index (χ2n) is 4.82. The number of benzene rings is 2. The summed E-state index contributed by atoms with van der Waals surface area (Å²) in [5, 5.41) is 5.53. The van der Waals surface area contributed by atoms with E-state index in [0.717, 1.165) is 0 Å². The molecule has 2 aromatic rings. The van der Waals surface area contributed by atoms with Gasteiger partial charge in [0.1, 0.15) is 5.82 Å². The van der Waals surface area contributed by atoms with E-state index in [4.69, 9.17) is 0 Å². The first-order valence-electron chi connectivity index (χ1n) is 7.02. The number of anilines is 1. The normalized spacial score (nSPS) is 10.2. The van der Waals surface area contributed by atoms with Crippen molar-refractivity contribution < 1.29 is 18.7 Å². The maximum Gasteiger partial charge on any atom is 0.337 e. The van der Waals surface area contributed by atoms with Crippen molar-refractivity contribution in [1.82, 2.24) is 5.32 Å². The van der Waals surface area contributed by atoms with Crippen molar-refractivity contribution in [1.29, 1.82) is 0 Å². The number of hydrogen-bond donors (Lipinski definition) is 2. The molecule has 2 rings (SSSR count). The molecule has 0 aliphatic heterocycles. The van der Waals surface area contributed by atoms with Crippen LogP contribution in [0.2, 0.25) is 0 Å². The third-order valence-electron chi connectivity index (χ3n) is 3.13. The topological polar surface area (TPSA) is 67.4 Å². The lowest BCUT2D eigenvalue weighted by atomic mass is 10.2. The molecule has 0 saturated heterocycles. The Kier molecular flexibility index (Phi) is 5.82. The molecule has 1 amide bonds. The summed E-state index contributed by atoms with van der Waals surface area (Å²) < 4.78 is 18.1. The second kappa shape index (κ2) is 8.05. The van der Waals surface area contributed by atoms with Crippen molar-refractivity contribution in [3.8, 4) is 0 Å². The molecule has 6 heteroatoms. The lowest BCUT2D eigenvalue weighted by Crippen LogP contribution is -2.28. The van der Waals surface area contributed by atoms with Gasteiger partial charge in [0.05, 0.1) is 19.2 Å². The van der Waals surface area contributed by atoms with E-state index in [1.165, 1.54) is 19.2 Å². The summed E-state index contributed by atoms with van der Waals surface area (Å²) in [7, 11) is 1.29. The van der Waals surface area contributed by atoms with Crippen LogP contribution in [0.25, 0.3) is 0 Å². The maximum absolute atomic E-state index is 13.4. The van der Waals surface area contributed by atoms with Gasteiger partial charge in [-0.3, -0.25) is 4.79 Å². The fraction of sp³-hybridized carbons (Fsp3) is 0.176. The van der Waals surface area contributed by atoms with E-state index in [0.29, 0.717) is 16.8 Å². The van der Waals surface area contributed by atoms with Crippen LogP contribution < -0.4 is 10.6 Å². The molecule has 0 fully saturated rings. The molecule has 0 saturated carbocycles. The minimum absolute atomic E-state index is 0.0246. The molecule has 5 nitrogen and oxygen atoms in total. The van der Waals surface area contributed by atoms with Gasteiger partial charge in [-0.2, -0.15) is 0 Å². The SMILES string of the molecule is COC(=O)c1cccc(NC(=O)CNCc2ccccc2F)c1. The number of halogens is 1. The number of hydrogen-bond acceptors (Lipinski definition) is 4. The van der Waals surface area contributed by atoms with Crippen molar-refractivity contribution in [2.75, 3.05) is 19.0 Å². The summed E-state index contributed by atoms with van der Waals surface area (Å²) in [6, 6.07) is 12.8. The van der Waals surface area contributed by atoms with Crippen molar-refractivity contribution in [3.63, 3.8) is 0 Å². The Bertz CT molecular complexity index is 704. The Labute approximate surface area is 133 Å². The number of nitrogens with one attached hydrogen (secondary N) is 2. The maximum atomic E-state index is 13.4. The summed E-state index contributed by atoms with van der Waals surface area (Å²) in [5.41, 5.74) is 1.34. The molecule has 0 heterocycles. The first-order chi connectivity index (χ1) is 11.1. The highest BCUT2D eigenvalue weighted by atomic mass is 19.1. The minimum atomic E-state index is -0.473. The third kappa shape index (κ3) is 4.89. The molecule has 0 radical (unpaired) electrons. The summed E-state index contributed by atoms with van der Waals surface area (Å²) in [6.45, 7) is 0.277. The quantitative estimate of drug-likeness (QED) is 0.803. The molecule has 120 valence electrons. The zero-order valence-electron chi connectivity index (χ0n) is 12.6. The molecule has 0 aliphatic carbocycles. The molecule has 0 spiro atoms. The zero-order valence-corrected chi connectivity index (χ0v) is 12.6. The molecule has 0 aromatic heterocycles. The Balaban J connectivity index is 1.85. The molecule has 23 heavy (non-hydrogen) atoms. The van der Waals surface area contributed by atoms with E-state index in [2.05, 4.69) is 15.4 Å². The molecule has 0 atom stereocenters. The number of amides is 1. The van der Waals surface area contributed by atoms with E-state index in [1.807, 2.05) is 0 Å². The Morgan fingerprint density at radius 3 is 2.65 bits per heavy atom. The minimum Gasteiger partial charge on any atom is -0.465 e. The van der Waals surface area contributed by atoms with Gasteiger partial charge in [-0.1, -0.05) is 24.3 Å². The average molecular weight is 316 g/mol. The van der Waals surface area contributed by atoms with Gasteiger partial charge in [0.15, 0.2) is 0 Å². The van der Waals surface area contributed by atoms with Crippen LogP contribution in [0, 0.1) is 5.82 Å². The third-order valence-corrected chi connectivity index (χ3v) is 3.13. The van der Waals surface area contributed by atoms with Crippen LogP contribution >= 0.6 is 0 Å². The average Bonchev–Trinajstić information content (AvgIpc) is 2.56. The number of esters is 1. The highest BCUT2D eigenvalue weighted by Gasteiger charge is 2.08. The molecule has 0 aliphatic rings. The Morgan fingerprint density at radius 1 is 1.13 bits per heavy atom. The van der Waals surface area contributed by atoms with Gasteiger partial charge < -0.3 is 15.4 Å². The van der Waals surface area contributed by atoms with E-state index in [-0.39, 0.29) is 24.8 Å².